The van der Waals surface area contributed by atoms with Crippen LogP contribution >= 0.6 is 23.4 Å². The van der Waals surface area contributed by atoms with Gasteiger partial charge < -0.3 is 15.0 Å². The maximum atomic E-state index is 12.9. The molecule has 0 aliphatic carbocycles. The van der Waals surface area contributed by atoms with Crippen LogP contribution in [0.5, 0.6) is 0 Å². The first-order valence-electron chi connectivity index (χ1n) is 10.5. The summed E-state index contributed by atoms with van der Waals surface area (Å²) in [5.41, 5.74) is 3.49. The zero-order valence-corrected chi connectivity index (χ0v) is 19.8. The number of carbonyl (C=O) groups is 2. The Morgan fingerprint density at radius 2 is 2.06 bits per heavy atom. The maximum Gasteiger partial charge on any atom is 0.338 e. The van der Waals surface area contributed by atoms with Gasteiger partial charge >= 0.3 is 5.97 Å². The first kappa shape index (κ1) is 23.1. The largest absolute Gasteiger partial charge is 0.466 e. The number of rotatable bonds is 7. The van der Waals surface area contributed by atoms with Gasteiger partial charge in [-0.3, -0.25) is 9.78 Å². The molecule has 170 valence electrons. The summed E-state index contributed by atoms with van der Waals surface area (Å²) in [5, 5.41) is 6.06. The number of amides is 1. The van der Waals surface area contributed by atoms with E-state index in [2.05, 4.69) is 10.3 Å². The van der Waals surface area contributed by atoms with E-state index in [-0.39, 0.29) is 12.3 Å². The normalized spacial score (nSPS) is 17.3. The highest BCUT2D eigenvalue weighted by Crippen LogP contribution is 2.46. The van der Waals surface area contributed by atoms with Gasteiger partial charge in [0.1, 0.15) is 0 Å². The molecule has 33 heavy (non-hydrogen) atoms. The monoisotopic (exact) mass is 482 g/mol. The molecule has 4 rings (SSSR count). The van der Waals surface area contributed by atoms with Gasteiger partial charge in [-0.1, -0.05) is 54.6 Å². The summed E-state index contributed by atoms with van der Waals surface area (Å²) in [6.07, 6.45) is 4.09. The third-order valence-corrected chi connectivity index (χ3v) is 6.62. The van der Waals surface area contributed by atoms with Crippen LogP contribution in [0.4, 0.5) is 0 Å². The SMILES string of the molecule is CCC1=C(C(=O)OC)[C@H](c2ccccc2Cl)N2C(CC(=O)NCc3cccnc3)=CSC2=N1. The van der Waals surface area contributed by atoms with Gasteiger partial charge in [-0.15, -0.1) is 0 Å². The van der Waals surface area contributed by atoms with Gasteiger partial charge in [0, 0.05) is 29.7 Å². The van der Waals surface area contributed by atoms with Crippen LogP contribution in [0.3, 0.4) is 0 Å². The molecule has 1 atom stereocenters. The number of hydrogen-bond donors (Lipinski definition) is 1. The second kappa shape index (κ2) is 10.2. The lowest BCUT2D eigenvalue weighted by Crippen LogP contribution is -2.38. The van der Waals surface area contributed by atoms with Crippen molar-refractivity contribution in [1.82, 2.24) is 15.2 Å². The first-order chi connectivity index (χ1) is 16.0. The lowest BCUT2D eigenvalue weighted by molar-refractivity contribution is -0.136. The molecule has 9 heteroatoms. The van der Waals surface area contributed by atoms with Crippen molar-refractivity contribution in [2.75, 3.05) is 7.11 Å². The van der Waals surface area contributed by atoms with Gasteiger partial charge in [0.15, 0.2) is 5.17 Å². The number of methoxy groups -OCH3 is 1. The van der Waals surface area contributed by atoms with E-state index in [1.807, 2.05) is 47.6 Å². The second-order valence-electron chi connectivity index (χ2n) is 7.44. The Labute approximate surface area is 201 Å². The van der Waals surface area contributed by atoms with Crippen molar-refractivity contribution in [3.05, 3.63) is 87.3 Å². The van der Waals surface area contributed by atoms with E-state index in [0.29, 0.717) is 34.4 Å². The number of aromatic nitrogens is 1. The van der Waals surface area contributed by atoms with Crippen LogP contribution < -0.4 is 5.32 Å². The summed E-state index contributed by atoms with van der Waals surface area (Å²) >= 11 is 8.00. The maximum absolute atomic E-state index is 12.9. The van der Waals surface area contributed by atoms with E-state index >= 15 is 0 Å². The molecule has 0 unspecified atom stereocenters. The zero-order chi connectivity index (χ0) is 23.4. The van der Waals surface area contributed by atoms with Crippen LogP contribution in [-0.2, 0) is 20.9 Å². The molecule has 7 nitrogen and oxygen atoms in total. The molecule has 0 saturated carbocycles. The van der Waals surface area contributed by atoms with Crippen LogP contribution in [-0.4, -0.2) is 34.0 Å². The topological polar surface area (TPSA) is 83.9 Å². The Kier molecular flexibility index (Phi) is 7.15. The number of pyridine rings is 1. The van der Waals surface area contributed by atoms with Crippen molar-refractivity contribution in [3.63, 3.8) is 0 Å². The summed E-state index contributed by atoms with van der Waals surface area (Å²) in [6, 6.07) is 10.6. The molecule has 0 fully saturated rings. The lowest BCUT2D eigenvalue weighted by atomic mass is 9.93. The Bertz CT molecular complexity index is 1160. The van der Waals surface area contributed by atoms with Crippen LogP contribution in [0.2, 0.25) is 5.02 Å². The summed E-state index contributed by atoms with van der Waals surface area (Å²) in [4.78, 5) is 36.4. The number of fused-ring (bicyclic) bond motifs is 1. The fourth-order valence-corrected chi connectivity index (χ4v) is 5.01. The van der Waals surface area contributed by atoms with Crippen LogP contribution in [0.15, 0.2) is 76.2 Å². The number of nitrogens with zero attached hydrogens (tertiary/aromatic N) is 3. The van der Waals surface area contributed by atoms with Crippen molar-refractivity contribution >= 4 is 40.4 Å². The Hall–Kier alpha value is -3.10. The van der Waals surface area contributed by atoms with E-state index in [9.17, 15) is 9.59 Å². The van der Waals surface area contributed by atoms with Gasteiger partial charge in [-0.2, -0.15) is 0 Å². The number of nitrogens with one attached hydrogen (secondary N) is 1. The Balaban J connectivity index is 1.65. The van der Waals surface area contributed by atoms with Crippen molar-refractivity contribution in [2.24, 2.45) is 4.99 Å². The molecule has 0 bridgehead atoms. The Morgan fingerprint density at radius 3 is 2.76 bits per heavy atom. The van der Waals surface area contributed by atoms with E-state index in [0.717, 1.165) is 16.8 Å². The summed E-state index contributed by atoms with van der Waals surface area (Å²) < 4.78 is 5.12. The molecule has 1 N–H and O–H groups in total. The van der Waals surface area contributed by atoms with Crippen molar-refractivity contribution in [3.8, 4) is 0 Å². The minimum atomic E-state index is -0.541. The summed E-state index contributed by atoms with van der Waals surface area (Å²) in [7, 11) is 1.35. The van der Waals surface area contributed by atoms with Gasteiger partial charge in [0.2, 0.25) is 5.91 Å². The van der Waals surface area contributed by atoms with Gasteiger partial charge in [-0.25, -0.2) is 9.79 Å². The lowest BCUT2D eigenvalue weighted by Gasteiger charge is -2.36. The predicted octanol–water partition coefficient (Wildman–Crippen LogP) is 4.58. The fraction of sp³-hybridized carbons (Fsp3) is 0.250. The van der Waals surface area contributed by atoms with Gasteiger partial charge in [-0.05, 0) is 35.1 Å². The average Bonchev–Trinajstić information content (AvgIpc) is 3.24. The molecule has 1 aromatic carbocycles. The van der Waals surface area contributed by atoms with Gasteiger partial charge in [0.25, 0.3) is 0 Å². The molecule has 1 aromatic heterocycles. The molecule has 2 aliphatic heterocycles. The third kappa shape index (κ3) is 4.82. The van der Waals surface area contributed by atoms with Crippen molar-refractivity contribution in [1.29, 1.82) is 0 Å². The molecule has 0 saturated heterocycles. The van der Waals surface area contributed by atoms with E-state index < -0.39 is 12.0 Å². The molecular weight excluding hydrogens is 460 g/mol. The number of allylic oxidation sites excluding steroid dienone is 1. The zero-order valence-electron chi connectivity index (χ0n) is 18.2. The molecule has 3 heterocycles. The number of amidine groups is 1. The number of halogens is 1. The number of esters is 1. The van der Waals surface area contributed by atoms with Crippen molar-refractivity contribution in [2.45, 2.75) is 32.4 Å². The summed E-state index contributed by atoms with van der Waals surface area (Å²) in [5.74, 6) is -0.605. The van der Waals surface area contributed by atoms with E-state index in [4.69, 9.17) is 21.3 Å². The fourth-order valence-electron chi connectivity index (χ4n) is 3.83. The second-order valence-corrected chi connectivity index (χ2v) is 8.68. The highest BCUT2D eigenvalue weighted by atomic mass is 35.5. The number of carbonyl (C=O) groups excluding carboxylic acids is 2. The number of benzene rings is 1. The standard InChI is InChI=1S/C24H23ClN4O3S/c1-3-19-21(23(31)32-2)22(17-8-4-5-9-18(17)25)29-16(14-33-24(29)28-19)11-20(30)27-13-15-7-6-10-26-12-15/h4-10,12,14,22H,3,11,13H2,1-2H3,(H,27,30)/t22-/m0/s1. The van der Waals surface area contributed by atoms with Crippen LogP contribution in [0.1, 0.15) is 36.9 Å². The van der Waals surface area contributed by atoms with Crippen LogP contribution in [0, 0.1) is 0 Å². The number of aliphatic imine (C=N–C) groups is 1. The molecular formula is C24H23ClN4O3S. The quantitative estimate of drug-likeness (QED) is 0.581. The minimum absolute atomic E-state index is 0.128. The third-order valence-electron chi connectivity index (χ3n) is 5.38. The highest BCUT2D eigenvalue weighted by molar-refractivity contribution is 8.16. The van der Waals surface area contributed by atoms with Crippen molar-refractivity contribution < 1.29 is 14.3 Å². The molecule has 0 spiro atoms. The van der Waals surface area contributed by atoms with Gasteiger partial charge in [0.05, 0.1) is 30.8 Å². The van der Waals surface area contributed by atoms with E-state index in [1.165, 1.54) is 18.9 Å². The number of hydrogen-bond acceptors (Lipinski definition) is 7. The molecule has 2 aromatic rings. The number of thioether (sulfide) groups is 1. The Morgan fingerprint density at radius 1 is 1.24 bits per heavy atom. The predicted molar refractivity (Wildman–Crippen MR) is 129 cm³/mol. The minimum Gasteiger partial charge on any atom is -0.466 e. The highest BCUT2D eigenvalue weighted by Gasteiger charge is 2.42. The summed E-state index contributed by atoms with van der Waals surface area (Å²) in [6.45, 7) is 2.33. The molecule has 2 aliphatic rings. The molecule has 0 radical (unpaired) electrons. The average molecular weight is 483 g/mol. The van der Waals surface area contributed by atoms with E-state index in [1.54, 1.807) is 18.5 Å². The van der Waals surface area contributed by atoms with Crippen LogP contribution in [0.25, 0.3) is 0 Å². The number of ether oxygens (including phenoxy) is 1. The molecule has 1 amide bonds. The first-order valence-corrected chi connectivity index (χ1v) is 11.7. The smallest absolute Gasteiger partial charge is 0.338 e.